The van der Waals surface area contributed by atoms with Gasteiger partial charge < -0.3 is 8.96 Å². The molecule has 6 nitrogen and oxygen atoms in total. The predicted octanol–water partition coefficient (Wildman–Crippen LogP) is 5.15. The van der Waals surface area contributed by atoms with Crippen LogP contribution in [0.25, 0.3) is 21.5 Å². The molecule has 3 aliphatic rings. The summed E-state index contributed by atoms with van der Waals surface area (Å²) in [6, 6.07) is 7.03. The fourth-order valence-electron chi connectivity index (χ4n) is 5.27. The monoisotopic (exact) mass is 626 g/mol. The molecule has 0 unspecified atom stereocenters. The van der Waals surface area contributed by atoms with Gasteiger partial charge in [0.05, 0.1) is 0 Å². The summed E-state index contributed by atoms with van der Waals surface area (Å²) in [7, 11) is 0. The summed E-state index contributed by atoms with van der Waals surface area (Å²) >= 11 is 2.12. The summed E-state index contributed by atoms with van der Waals surface area (Å²) in [6.07, 6.45) is 0. The van der Waals surface area contributed by atoms with Gasteiger partial charge in [-0.1, -0.05) is 22.4 Å². The van der Waals surface area contributed by atoms with Gasteiger partial charge in [0, 0.05) is 32.7 Å². The number of fused-ring (bicyclic) bond motifs is 10. The largest absolute Gasteiger partial charge is 0.463 e. The van der Waals surface area contributed by atoms with Crippen molar-refractivity contribution in [1.29, 1.82) is 0 Å². The van der Waals surface area contributed by atoms with Crippen molar-refractivity contribution in [2.45, 2.75) is 6.92 Å². The van der Waals surface area contributed by atoms with Crippen molar-refractivity contribution in [2.75, 3.05) is 0 Å². The van der Waals surface area contributed by atoms with Gasteiger partial charge in [-0.25, -0.2) is 41.9 Å². The molecule has 5 aromatic rings. The number of halogens is 6. The van der Waals surface area contributed by atoms with Gasteiger partial charge in [-0.3, -0.25) is 0 Å². The van der Waals surface area contributed by atoms with Crippen LogP contribution in [-0.2, 0) is 0 Å². The molecule has 0 N–H and O–H groups in total. The van der Waals surface area contributed by atoms with Crippen molar-refractivity contribution in [3.63, 3.8) is 0 Å². The van der Waals surface area contributed by atoms with E-state index in [0.717, 1.165) is 24.3 Å². The second-order valence-electron chi connectivity index (χ2n) is 9.21. The minimum Gasteiger partial charge on any atom is -0.324 e. The maximum Gasteiger partial charge on any atom is 0.463 e. The number of aromatic nitrogens is 2. The van der Waals surface area contributed by atoms with Crippen LogP contribution in [0.15, 0.2) is 56.4 Å². The minimum atomic E-state index is -1.10. The molecule has 2 aromatic heterocycles. The highest BCUT2D eigenvalue weighted by molar-refractivity contribution is 14.1. The molecule has 0 spiro atoms. The van der Waals surface area contributed by atoms with E-state index < -0.39 is 33.9 Å². The van der Waals surface area contributed by atoms with Gasteiger partial charge in [0.15, 0.2) is 34.9 Å². The Morgan fingerprint density at radius 3 is 1.74 bits per heavy atom. The van der Waals surface area contributed by atoms with E-state index in [1.807, 2.05) is 0 Å². The van der Waals surface area contributed by atoms with Crippen molar-refractivity contribution in [3.8, 4) is 0 Å². The third-order valence-electron chi connectivity index (χ3n) is 7.05. The number of aryl methyl sites for hydroxylation is 1. The molecule has 0 saturated heterocycles. The van der Waals surface area contributed by atoms with Crippen molar-refractivity contribution in [1.82, 2.24) is 8.96 Å². The Kier molecular flexibility index (Phi) is 4.17. The molecule has 0 aliphatic carbocycles. The summed E-state index contributed by atoms with van der Waals surface area (Å²) in [6.45, 7) is 1.62. The normalized spacial score (nSPS) is 14.9. The molecule has 38 heavy (non-hydrogen) atoms. The average molecular weight is 626 g/mol. The van der Waals surface area contributed by atoms with E-state index in [1.165, 1.54) is 6.07 Å². The van der Waals surface area contributed by atoms with Gasteiger partial charge >= 0.3 is 4.84 Å². The number of benzene rings is 3. The maximum atomic E-state index is 14.8. The van der Waals surface area contributed by atoms with Crippen LogP contribution in [-0.4, -0.2) is 25.5 Å². The van der Waals surface area contributed by atoms with E-state index >= 15 is 0 Å². The van der Waals surface area contributed by atoms with E-state index in [-0.39, 0.29) is 33.7 Å². The van der Waals surface area contributed by atoms with Gasteiger partial charge in [0.25, 0.3) is 0 Å². The zero-order valence-corrected chi connectivity index (χ0v) is 21.2. The van der Waals surface area contributed by atoms with Gasteiger partial charge in [-0.05, 0) is 48.9 Å². The first-order valence-electron chi connectivity index (χ1n) is 11.3. The second kappa shape index (κ2) is 7.15. The molecule has 4 bridgehead atoms. The van der Waals surface area contributed by atoms with E-state index in [9.17, 15) is 22.0 Å². The van der Waals surface area contributed by atoms with Crippen molar-refractivity contribution < 1.29 is 22.0 Å². The standard InChI is InChI=1S/C25H9BF5IN6/c1-8-2-11-12(5-15(8)27)22-34-20-9-3-16(28)17(29)4-10(9)21(33-20)35-23-13-6-18(30)19(31)7-14(13)25-36-24(11)37(22)26(32)38(23)25/h2-7H,1H3. The molecule has 0 fully saturated rings. The van der Waals surface area contributed by atoms with E-state index in [2.05, 4.69) is 32.4 Å². The molecular weight excluding hydrogens is 617 g/mol. The van der Waals surface area contributed by atoms with Crippen molar-refractivity contribution in [3.05, 3.63) is 93.2 Å². The Morgan fingerprint density at radius 1 is 0.579 bits per heavy atom. The Bertz CT molecular complexity index is 2180. The van der Waals surface area contributed by atoms with E-state index in [4.69, 9.17) is 9.98 Å². The molecule has 0 amide bonds. The summed E-state index contributed by atoms with van der Waals surface area (Å²) < 4.78 is 75.8. The van der Waals surface area contributed by atoms with Crippen LogP contribution in [0, 0.1) is 36.0 Å². The molecule has 8 rings (SSSR count). The summed E-state index contributed by atoms with van der Waals surface area (Å²) in [5.74, 6) is -3.99. The van der Waals surface area contributed by atoms with Crippen LogP contribution in [0.2, 0.25) is 0 Å². The smallest absolute Gasteiger partial charge is 0.324 e. The molecule has 0 saturated carbocycles. The lowest BCUT2D eigenvalue weighted by Gasteiger charge is -2.19. The number of aliphatic imine (C=N–C) groups is 2. The zero-order chi connectivity index (χ0) is 26.2. The Balaban J connectivity index is 1.66. The highest BCUT2D eigenvalue weighted by Crippen LogP contribution is 2.42. The second-order valence-corrected chi connectivity index (χ2v) is 10.3. The molecule has 3 aromatic carbocycles. The fourth-order valence-corrected chi connectivity index (χ4v) is 6.33. The molecule has 0 atom stereocenters. The third-order valence-corrected chi connectivity index (χ3v) is 8.17. The SMILES string of the molecule is Cc1cc2c3n4c(c2cc1F)N=C1N=C(N=c2c5cc(F)c(F)cc5c(n2B4I)=N3)c2cc(F)c(F)cc21. The fraction of sp³-hybridized carbons (Fsp3) is 0.0400. The van der Waals surface area contributed by atoms with Crippen LogP contribution >= 0.6 is 22.4 Å². The van der Waals surface area contributed by atoms with Crippen LogP contribution in [0.5, 0.6) is 0 Å². The first-order chi connectivity index (χ1) is 18.2. The summed E-state index contributed by atoms with van der Waals surface area (Å²) in [5.41, 5.74) is 1.27. The number of nitrogens with zero attached hydrogens (tertiary/aromatic N) is 6. The summed E-state index contributed by atoms with van der Waals surface area (Å²) in [5, 5.41) is 1.58. The zero-order valence-electron chi connectivity index (χ0n) is 19.0. The molecule has 13 heteroatoms. The predicted molar refractivity (Wildman–Crippen MR) is 140 cm³/mol. The first kappa shape index (κ1) is 22.1. The lowest BCUT2D eigenvalue weighted by atomic mass is 10.1. The van der Waals surface area contributed by atoms with Crippen molar-refractivity contribution >= 4 is 72.1 Å². The quantitative estimate of drug-likeness (QED) is 0.130. The lowest BCUT2D eigenvalue weighted by molar-refractivity contribution is 0.508. The van der Waals surface area contributed by atoms with E-state index in [0.29, 0.717) is 38.8 Å². The number of hydrogen-bond donors (Lipinski definition) is 0. The van der Waals surface area contributed by atoms with Crippen LogP contribution in [0.4, 0.5) is 33.6 Å². The van der Waals surface area contributed by atoms with Gasteiger partial charge in [-0.15, -0.1) is 0 Å². The highest BCUT2D eigenvalue weighted by atomic mass is 127. The third kappa shape index (κ3) is 2.66. The maximum absolute atomic E-state index is 14.8. The molecule has 0 radical (unpaired) electrons. The van der Waals surface area contributed by atoms with Crippen molar-refractivity contribution in [2.24, 2.45) is 20.0 Å². The number of hydrogen-bond acceptors (Lipinski definition) is 4. The van der Waals surface area contributed by atoms with Crippen LogP contribution in [0.1, 0.15) is 16.7 Å². The van der Waals surface area contributed by atoms with Gasteiger partial charge in [0.1, 0.15) is 28.4 Å². The summed E-state index contributed by atoms with van der Waals surface area (Å²) in [4.78, 5) is 18.0. The highest BCUT2D eigenvalue weighted by Gasteiger charge is 2.36. The van der Waals surface area contributed by atoms with Crippen LogP contribution < -0.4 is 11.0 Å². The Labute approximate surface area is 222 Å². The molecular formula is C25H9BF5IN6. The Hall–Kier alpha value is -3.88. The minimum absolute atomic E-state index is 0.0188. The molecule has 5 heterocycles. The lowest BCUT2D eigenvalue weighted by Crippen LogP contribution is -2.44. The van der Waals surface area contributed by atoms with E-state index in [1.54, 1.807) is 21.9 Å². The Morgan fingerprint density at radius 2 is 1.08 bits per heavy atom. The topological polar surface area (TPSA) is 59.3 Å². The van der Waals surface area contributed by atoms with Gasteiger partial charge in [0.2, 0.25) is 0 Å². The van der Waals surface area contributed by atoms with Gasteiger partial charge in [-0.2, -0.15) is 0 Å². The number of rotatable bonds is 0. The molecule has 184 valence electrons. The average Bonchev–Trinajstić information content (AvgIpc) is 3.45. The van der Waals surface area contributed by atoms with Crippen LogP contribution in [0.3, 0.4) is 0 Å². The molecule has 3 aliphatic heterocycles. The first-order valence-corrected chi connectivity index (χ1v) is 12.6. The number of amidine groups is 2.